The maximum absolute atomic E-state index is 12.6. The quantitative estimate of drug-likeness (QED) is 0.858. The molecule has 2 aromatic rings. The third-order valence-electron chi connectivity index (χ3n) is 4.97. The summed E-state index contributed by atoms with van der Waals surface area (Å²) in [5.74, 6) is 0.183. The molecule has 1 atom stereocenters. The maximum Gasteiger partial charge on any atom is 0.321 e. The van der Waals surface area contributed by atoms with Crippen LogP contribution in [0.25, 0.3) is 0 Å². The maximum atomic E-state index is 12.6. The molecule has 1 fully saturated rings. The van der Waals surface area contributed by atoms with Gasteiger partial charge in [-0.05, 0) is 30.4 Å². The molecular formula is C21H26N2O3. The van der Waals surface area contributed by atoms with Crippen LogP contribution >= 0.6 is 0 Å². The molecular weight excluding hydrogens is 328 g/mol. The zero-order valence-corrected chi connectivity index (χ0v) is 15.1. The molecule has 1 aliphatic rings. The van der Waals surface area contributed by atoms with E-state index in [1.54, 1.807) is 7.11 Å². The van der Waals surface area contributed by atoms with E-state index in [1.807, 2.05) is 59.5 Å². The number of likely N-dealkylation sites (tertiary alicyclic amines) is 1. The number of aliphatic hydroxyl groups excluding tert-OH is 1. The number of nitrogens with zero attached hydrogens (tertiary/aromatic N) is 1. The van der Waals surface area contributed by atoms with Gasteiger partial charge in [-0.2, -0.15) is 0 Å². The highest BCUT2D eigenvalue weighted by Gasteiger charge is 2.28. The van der Waals surface area contributed by atoms with E-state index < -0.39 is 6.10 Å². The first kappa shape index (κ1) is 18.4. The summed E-state index contributed by atoms with van der Waals surface area (Å²) in [5, 5.41) is 13.6. The number of para-hydroxylation sites is 1. The van der Waals surface area contributed by atoms with Gasteiger partial charge in [0, 0.05) is 31.5 Å². The van der Waals surface area contributed by atoms with E-state index in [4.69, 9.17) is 4.74 Å². The molecule has 0 saturated carbocycles. The van der Waals surface area contributed by atoms with Crippen molar-refractivity contribution in [1.82, 2.24) is 4.90 Å². The number of rotatable bonds is 5. The molecule has 0 spiro atoms. The lowest BCUT2D eigenvalue weighted by Crippen LogP contribution is -2.42. The van der Waals surface area contributed by atoms with Gasteiger partial charge >= 0.3 is 6.03 Å². The van der Waals surface area contributed by atoms with Crippen molar-refractivity contribution in [2.24, 2.45) is 5.92 Å². The Morgan fingerprint density at radius 2 is 1.81 bits per heavy atom. The van der Waals surface area contributed by atoms with Crippen molar-refractivity contribution in [2.45, 2.75) is 25.6 Å². The lowest BCUT2D eigenvalue weighted by atomic mass is 9.87. The molecule has 5 heteroatoms. The number of amides is 2. The monoisotopic (exact) mass is 354 g/mol. The van der Waals surface area contributed by atoms with Gasteiger partial charge < -0.3 is 20.1 Å². The molecule has 0 aromatic heterocycles. The van der Waals surface area contributed by atoms with E-state index in [2.05, 4.69) is 5.32 Å². The minimum atomic E-state index is -0.469. The fourth-order valence-electron chi connectivity index (χ4n) is 3.46. The molecule has 0 bridgehead atoms. The summed E-state index contributed by atoms with van der Waals surface area (Å²) in [7, 11) is 1.64. The van der Waals surface area contributed by atoms with Crippen molar-refractivity contribution in [3.63, 3.8) is 0 Å². The molecule has 1 saturated heterocycles. The fraction of sp³-hybridized carbons (Fsp3) is 0.381. The second-order valence-electron chi connectivity index (χ2n) is 6.70. The van der Waals surface area contributed by atoms with Gasteiger partial charge in [0.1, 0.15) is 0 Å². The first-order valence-corrected chi connectivity index (χ1v) is 9.05. The molecule has 2 aromatic carbocycles. The van der Waals surface area contributed by atoms with Crippen LogP contribution in [0.5, 0.6) is 0 Å². The highest BCUT2D eigenvalue weighted by atomic mass is 16.5. The number of urea groups is 1. The predicted molar refractivity (Wildman–Crippen MR) is 102 cm³/mol. The number of carbonyl (C=O) groups is 1. The topological polar surface area (TPSA) is 61.8 Å². The summed E-state index contributed by atoms with van der Waals surface area (Å²) in [6.45, 7) is 1.75. The largest absolute Gasteiger partial charge is 0.388 e. The average Bonchev–Trinajstić information content (AvgIpc) is 2.70. The third kappa shape index (κ3) is 4.42. The number of ether oxygens (including phenoxy) is 1. The van der Waals surface area contributed by atoms with Crippen LogP contribution in [0.3, 0.4) is 0 Å². The normalized spacial score (nSPS) is 16.3. The molecule has 3 rings (SSSR count). The van der Waals surface area contributed by atoms with Crippen molar-refractivity contribution < 1.29 is 14.6 Å². The summed E-state index contributed by atoms with van der Waals surface area (Å²) < 4.78 is 5.19. The number of hydrogen-bond donors (Lipinski definition) is 2. The Morgan fingerprint density at radius 3 is 2.50 bits per heavy atom. The Hall–Kier alpha value is -2.37. The molecule has 1 unspecified atom stereocenters. The molecule has 0 aliphatic carbocycles. The SMILES string of the molecule is COCc1ccccc1NC(=O)N1CCC(C(O)c2ccccc2)CC1. The fourth-order valence-corrected chi connectivity index (χ4v) is 3.46. The number of anilines is 1. The third-order valence-corrected chi connectivity index (χ3v) is 4.97. The zero-order chi connectivity index (χ0) is 18.4. The Labute approximate surface area is 154 Å². The van der Waals surface area contributed by atoms with Crippen molar-refractivity contribution in [3.8, 4) is 0 Å². The Balaban J connectivity index is 1.56. The number of piperidine rings is 1. The Bertz CT molecular complexity index is 712. The average molecular weight is 354 g/mol. The summed E-state index contributed by atoms with van der Waals surface area (Å²) in [6, 6.07) is 17.3. The smallest absolute Gasteiger partial charge is 0.321 e. The van der Waals surface area contributed by atoms with Crippen LogP contribution < -0.4 is 5.32 Å². The van der Waals surface area contributed by atoms with Gasteiger partial charge in [0.05, 0.1) is 12.7 Å². The number of hydrogen-bond acceptors (Lipinski definition) is 3. The number of benzene rings is 2. The molecule has 1 aliphatic heterocycles. The highest BCUT2D eigenvalue weighted by molar-refractivity contribution is 5.90. The molecule has 0 radical (unpaired) electrons. The zero-order valence-electron chi connectivity index (χ0n) is 15.1. The summed E-state index contributed by atoms with van der Waals surface area (Å²) >= 11 is 0. The molecule has 1 heterocycles. The van der Waals surface area contributed by atoms with Crippen molar-refractivity contribution in [2.75, 3.05) is 25.5 Å². The van der Waals surface area contributed by atoms with Crippen LogP contribution in [0.4, 0.5) is 10.5 Å². The van der Waals surface area contributed by atoms with Gasteiger partial charge in [0.2, 0.25) is 0 Å². The second kappa shape index (κ2) is 8.83. The lowest BCUT2D eigenvalue weighted by molar-refractivity contribution is 0.0683. The highest BCUT2D eigenvalue weighted by Crippen LogP contribution is 2.30. The summed E-state index contributed by atoms with van der Waals surface area (Å²) in [6.07, 6.45) is 1.12. The second-order valence-corrected chi connectivity index (χ2v) is 6.70. The van der Waals surface area contributed by atoms with Crippen LogP contribution in [0.2, 0.25) is 0 Å². The minimum Gasteiger partial charge on any atom is -0.388 e. The van der Waals surface area contributed by atoms with Gasteiger partial charge in [0.15, 0.2) is 0 Å². The van der Waals surface area contributed by atoms with Crippen LogP contribution in [0.15, 0.2) is 54.6 Å². The van der Waals surface area contributed by atoms with Crippen LogP contribution in [0, 0.1) is 5.92 Å². The summed E-state index contributed by atoms with van der Waals surface area (Å²) in [4.78, 5) is 14.4. The molecule has 5 nitrogen and oxygen atoms in total. The van der Waals surface area contributed by atoms with E-state index in [0.29, 0.717) is 19.7 Å². The summed E-state index contributed by atoms with van der Waals surface area (Å²) in [5.41, 5.74) is 2.69. The molecule has 2 N–H and O–H groups in total. The van der Waals surface area contributed by atoms with E-state index in [1.165, 1.54) is 0 Å². The Morgan fingerprint density at radius 1 is 1.15 bits per heavy atom. The molecule has 2 amide bonds. The van der Waals surface area contributed by atoms with Crippen LogP contribution in [-0.4, -0.2) is 36.2 Å². The van der Waals surface area contributed by atoms with Gasteiger partial charge in [-0.1, -0.05) is 48.5 Å². The molecule has 26 heavy (non-hydrogen) atoms. The van der Waals surface area contributed by atoms with Gasteiger partial charge in [-0.3, -0.25) is 0 Å². The van der Waals surface area contributed by atoms with Gasteiger partial charge in [-0.15, -0.1) is 0 Å². The van der Waals surface area contributed by atoms with Crippen LogP contribution in [0.1, 0.15) is 30.1 Å². The number of carbonyl (C=O) groups excluding carboxylic acids is 1. The van der Waals surface area contributed by atoms with E-state index in [-0.39, 0.29) is 11.9 Å². The number of aliphatic hydroxyl groups is 1. The Kier molecular flexibility index (Phi) is 6.26. The van der Waals surface area contributed by atoms with E-state index in [0.717, 1.165) is 29.7 Å². The van der Waals surface area contributed by atoms with Crippen molar-refractivity contribution >= 4 is 11.7 Å². The lowest BCUT2D eigenvalue weighted by Gasteiger charge is -2.34. The van der Waals surface area contributed by atoms with Crippen molar-refractivity contribution in [3.05, 3.63) is 65.7 Å². The first-order chi connectivity index (χ1) is 12.7. The van der Waals surface area contributed by atoms with Gasteiger partial charge in [-0.25, -0.2) is 4.79 Å². The number of nitrogens with one attached hydrogen (secondary N) is 1. The van der Waals surface area contributed by atoms with E-state index in [9.17, 15) is 9.90 Å². The van der Waals surface area contributed by atoms with Crippen molar-refractivity contribution in [1.29, 1.82) is 0 Å². The van der Waals surface area contributed by atoms with Crippen LogP contribution in [-0.2, 0) is 11.3 Å². The minimum absolute atomic E-state index is 0.0961. The first-order valence-electron chi connectivity index (χ1n) is 9.05. The molecule has 138 valence electrons. The standard InChI is InChI=1S/C21H26N2O3/c1-26-15-18-9-5-6-10-19(18)22-21(25)23-13-11-17(12-14-23)20(24)16-7-3-2-4-8-16/h2-10,17,20,24H,11-15H2,1H3,(H,22,25). The van der Waals surface area contributed by atoms with E-state index >= 15 is 0 Å². The number of methoxy groups -OCH3 is 1. The van der Waals surface area contributed by atoms with Gasteiger partial charge in [0.25, 0.3) is 0 Å². The predicted octanol–water partition coefficient (Wildman–Crippen LogP) is 3.81.